The Morgan fingerprint density at radius 1 is 1.02 bits per heavy atom. The molecule has 2 aliphatic heterocycles. The number of hydrogen-bond acceptors (Lipinski definition) is 9. The highest BCUT2D eigenvalue weighted by molar-refractivity contribution is 6.03. The zero-order chi connectivity index (χ0) is 31.4. The maximum Gasteiger partial charge on any atom is 0.343 e. The van der Waals surface area contributed by atoms with E-state index in [9.17, 15) is 24.3 Å². The lowest BCUT2D eigenvalue weighted by atomic mass is 9.87. The maximum atomic E-state index is 13.9. The lowest BCUT2D eigenvalue weighted by molar-refractivity contribution is -0.140. The molecule has 5 rings (SSSR count). The first-order valence-electron chi connectivity index (χ1n) is 14.0. The number of esters is 2. The van der Waals surface area contributed by atoms with Gasteiger partial charge in [0.2, 0.25) is 0 Å². The van der Waals surface area contributed by atoms with E-state index < -0.39 is 29.6 Å². The first-order valence-corrected chi connectivity index (χ1v) is 14.0. The van der Waals surface area contributed by atoms with E-state index >= 15 is 0 Å². The summed E-state index contributed by atoms with van der Waals surface area (Å²) in [6.07, 6.45) is 0.702. The van der Waals surface area contributed by atoms with Crippen LogP contribution in [0.2, 0.25) is 0 Å². The molecular formula is C32H31N3O9. The first kappa shape index (κ1) is 30.1. The number of Topliss-reactive ketones (excluding diaryl/α,β-unsaturated/α-hetero) is 1. The third kappa shape index (κ3) is 6.64. The predicted molar refractivity (Wildman–Crippen MR) is 158 cm³/mol. The number of benzene rings is 3. The lowest BCUT2D eigenvalue weighted by Gasteiger charge is -2.24. The molecule has 0 spiro atoms. The number of methoxy groups -OCH3 is 1. The van der Waals surface area contributed by atoms with E-state index in [0.717, 1.165) is 5.56 Å². The fraction of sp³-hybridized carbons (Fsp3) is 0.281. The van der Waals surface area contributed by atoms with Crippen LogP contribution >= 0.6 is 0 Å². The van der Waals surface area contributed by atoms with Gasteiger partial charge in [-0.05, 0) is 72.7 Å². The van der Waals surface area contributed by atoms with E-state index in [4.69, 9.17) is 30.4 Å². The van der Waals surface area contributed by atoms with Crippen LogP contribution in [0, 0.1) is 5.92 Å². The third-order valence-corrected chi connectivity index (χ3v) is 7.42. The molecule has 3 aromatic rings. The second-order valence-electron chi connectivity index (χ2n) is 10.5. The van der Waals surface area contributed by atoms with Gasteiger partial charge in [-0.1, -0.05) is 12.1 Å². The van der Waals surface area contributed by atoms with Gasteiger partial charge in [-0.25, -0.2) is 9.79 Å². The molecule has 5 N–H and O–H groups in total. The summed E-state index contributed by atoms with van der Waals surface area (Å²) in [5, 5.41) is 9.34. The highest BCUT2D eigenvalue weighted by Gasteiger charge is 2.33. The molecule has 2 heterocycles. The summed E-state index contributed by atoms with van der Waals surface area (Å²) >= 11 is 0. The summed E-state index contributed by atoms with van der Waals surface area (Å²) < 4.78 is 22.5. The molecule has 1 atom stereocenters. The summed E-state index contributed by atoms with van der Waals surface area (Å²) in [5.74, 6) is -2.72. The van der Waals surface area contributed by atoms with Crippen molar-refractivity contribution in [2.75, 3.05) is 13.7 Å². The summed E-state index contributed by atoms with van der Waals surface area (Å²) in [6.45, 7) is 0.153. The van der Waals surface area contributed by atoms with Crippen LogP contribution in [0.3, 0.4) is 0 Å². The molecule has 0 aromatic heterocycles. The molecule has 0 amide bonds. The summed E-state index contributed by atoms with van der Waals surface area (Å²) in [5.41, 5.74) is 13.7. The van der Waals surface area contributed by atoms with Crippen molar-refractivity contribution in [3.63, 3.8) is 0 Å². The van der Waals surface area contributed by atoms with Crippen molar-refractivity contribution in [2.24, 2.45) is 22.4 Å². The monoisotopic (exact) mass is 601 g/mol. The quantitative estimate of drug-likeness (QED) is 0.113. The van der Waals surface area contributed by atoms with Crippen molar-refractivity contribution < 1.29 is 43.2 Å². The number of ether oxygens (including phenoxy) is 4. The topological polar surface area (TPSA) is 190 Å². The molecular weight excluding hydrogens is 570 g/mol. The van der Waals surface area contributed by atoms with Crippen molar-refractivity contribution in [1.82, 2.24) is 0 Å². The first-order chi connectivity index (χ1) is 21.1. The number of fused-ring (bicyclic) bond motifs is 3. The van der Waals surface area contributed by atoms with Crippen molar-refractivity contribution >= 4 is 35.3 Å². The Labute approximate surface area is 252 Å². The Bertz CT molecular complexity index is 1680. The van der Waals surface area contributed by atoms with Gasteiger partial charge < -0.3 is 35.5 Å². The number of hydrogen-bond donors (Lipinski definition) is 3. The minimum atomic E-state index is -1.05. The number of ketones is 1. The SMILES string of the molecule is COc1ccc2c(c1)OC(=O)[C@@H](CC(=O)c1c(CCC(=O)O)ccc3c1OCCCc1cc(N=C(N)N)ccc1C(=O)O3)C2. The van der Waals surface area contributed by atoms with Crippen LogP contribution in [-0.4, -0.2) is 48.5 Å². The van der Waals surface area contributed by atoms with E-state index in [2.05, 4.69) is 4.99 Å². The van der Waals surface area contributed by atoms with E-state index in [0.29, 0.717) is 46.7 Å². The van der Waals surface area contributed by atoms with E-state index in [-0.39, 0.29) is 55.3 Å². The third-order valence-electron chi connectivity index (χ3n) is 7.42. The molecule has 0 radical (unpaired) electrons. The number of aliphatic imine (C=N–C) groups is 1. The molecule has 0 saturated heterocycles. The number of rotatable bonds is 8. The van der Waals surface area contributed by atoms with Crippen LogP contribution in [0.4, 0.5) is 5.69 Å². The smallest absolute Gasteiger partial charge is 0.343 e. The van der Waals surface area contributed by atoms with Gasteiger partial charge >= 0.3 is 17.9 Å². The number of nitrogens with zero attached hydrogens (tertiary/aromatic N) is 1. The van der Waals surface area contributed by atoms with Gasteiger partial charge in [-0.3, -0.25) is 14.4 Å². The maximum absolute atomic E-state index is 13.9. The van der Waals surface area contributed by atoms with E-state index in [1.165, 1.54) is 13.2 Å². The number of carboxylic acids is 1. The Morgan fingerprint density at radius 2 is 1.84 bits per heavy atom. The molecule has 0 fully saturated rings. The van der Waals surface area contributed by atoms with Gasteiger partial charge in [0.05, 0.1) is 36.4 Å². The number of carboxylic acid groups (broad SMARTS) is 1. The number of aryl methyl sites for hydroxylation is 2. The lowest BCUT2D eigenvalue weighted by Crippen LogP contribution is -2.30. The van der Waals surface area contributed by atoms with Gasteiger partial charge in [-0.15, -0.1) is 0 Å². The number of carbonyl (C=O) groups excluding carboxylic acids is 3. The second-order valence-corrected chi connectivity index (χ2v) is 10.5. The number of carbonyl (C=O) groups is 4. The molecule has 44 heavy (non-hydrogen) atoms. The average Bonchev–Trinajstić information content (AvgIpc) is 2.98. The predicted octanol–water partition coefficient (Wildman–Crippen LogP) is 3.51. The summed E-state index contributed by atoms with van der Waals surface area (Å²) in [4.78, 5) is 55.6. The second kappa shape index (κ2) is 12.9. The van der Waals surface area contributed by atoms with Crippen LogP contribution in [0.15, 0.2) is 53.5 Å². The summed E-state index contributed by atoms with van der Waals surface area (Å²) in [6, 6.07) is 13.0. The van der Waals surface area contributed by atoms with Gasteiger partial charge in [0.25, 0.3) is 0 Å². The molecule has 0 bridgehead atoms. The molecule has 12 nitrogen and oxygen atoms in total. The summed E-state index contributed by atoms with van der Waals surface area (Å²) in [7, 11) is 1.51. The van der Waals surface area contributed by atoms with Crippen LogP contribution in [0.5, 0.6) is 23.0 Å². The van der Waals surface area contributed by atoms with Gasteiger partial charge in [-0.2, -0.15) is 0 Å². The van der Waals surface area contributed by atoms with Gasteiger partial charge in [0.1, 0.15) is 11.5 Å². The van der Waals surface area contributed by atoms with Crippen LogP contribution in [-0.2, 0) is 28.9 Å². The van der Waals surface area contributed by atoms with Crippen LogP contribution < -0.4 is 30.4 Å². The highest BCUT2D eigenvalue weighted by Crippen LogP contribution is 2.39. The molecule has 0 aliphatic carbocycles. The normalized spacial score (nSPS) is 15.7. The Balaban J connectivity index is 1.48. The molecule has 12 heteroatoms. The highest BCUT2D eigenvalue weighted by atomic mass is 16.6. The molecule has 2 aliphatic rings. The van der Waals surface area contributed by atoms with E-state index in [1.54, 1.807) is 42.5 Å². The van der Waals surface area contributed by atoms with Crippen LogP contribution in [0.25, 0.3) is 0 Å². The van der Waals surface area contributed by atoms with Crippen molar-refractivity contribution in [2.45, 2.75) is 38.5 Å². The Morgan fingerprint density at radius 3 is 2.59 bits per heavy atom. The van der Waals surface area contributed by atoms with Crippen molar-refractivity contribution in [3.05, 3.63) is 76.3 Å². The zero-order valence-corrected chi connectivity index (χ0v) is 24.0. The fourth-order valence-electron chi connectivity index (χ4n) is 5.33. The Kier molecular flexibility index (Phi) is 8.79. The van der Waals surface area contributed by atoms with Gasteiger partial charge in [0.15, 0.2) is 23.2 Å². The van der Waals surface area contributed by atoms with Crippen molar-refractivity contribution in [1.29, 1.82) is 0 Å². The molecule has 0 unspecified atom stereocenters. The zero-order valence-electron chi connectivity index (χ0n) is 24.0. The molecule has 0 saturated carbocycles. The standard InChI is InChI=1S/C32H31N3O9/c1-41-22-8-4-19-13-20(30(39)44-26(19)16-22)15-24(36)28-17(6-11-27(37)38)5-10-25-29(28)42-12-2-3-18-14-21(35-32(33)34)7-9-23(18)31(40)43-25/h4-5,7-10,14,16,20H,2-3,6,11-13,15H2,1H3,(H,37,38)(H4,33,34,35)/t20-/m1/s1. The largest absolute Gasteiger partial charge is 0.497 e. The number of guanidine groups is 1. The Hall–Kier alpha value is -5.39. The minimum absolute atomic E-state index is 0.00207. The number of aliphatic carboxylic acids is 1. The fourth-order valence-corrected chi connectivity index (χ4v) is 5.33. The average molecular weight is 602 g/mol. The molecule has 3 aromatic carbocycles. The van der Waals surface area contributed by atoms with Crippen LogP contribution in [0.1, 0.15) is 56.7 Å². The number of nitrogens with two attached hydrogens (primary N) is 2. The van der Waals surface area contributed by atoms with E-state index in [1.807, 2.05) is 0 Å². The van der Waals surface area contributed by atoms with Gasteiger partial charge in [0, 0.05) is 18.9 Å². The molecule has 228 valence electrons. The van der Waals surface area contributed by atoms with Crippen molar-refractivity contribution in [3.8, 4) is 23.0 Å². The minimum Gasteiger partial charge on any atom is -0.497 e.